The molecule has 112 valence electrons. The molecule has 0 saturated heterocycles. The van der Waals surface area contributed by atoms with Gasteiger partial charge in [-0.1, -0.05) is 6.92 Å². The molecule has 0 bridgehead atoms. The van der Waals surface area contributed by atoms with Gasteiger partial charge >= 0.3 is 6.18 Å². The highest BCUT2D eigenvalue weighted by Crippen LogP contribution is 2.45. The summed E-state index contributed by atoms with van der Waals surface area (Å²) in [5.41, 5.74) is -1.96. The number of hydrogen-bond donors (Lipinski definition) is 1. The van der Waals surface area contributed by atoms with Crippen LogP contribution in [0.5, 0.6) is 0 Å². The van der Waals surface area contributed by atoms with Gasteiger partial charge in [-0.3, -0.25) is 4.79 Å². The zero-order chi connectivity index (χ0) is 15.8. The minimum Gasteiger partial charge on any atom is -0.323 e. The predicted molar refractivity (Wildman–Crippen MR) is 69.0 cm³/mol. The maximum Gasteiger partial charge on any atom is 0.433 e. The quantitative estimate of drug-likeness (QED) is 0.911. The van der Waals surface area contributed by atoms with E-state index in [1.165, 1.54) is 13.0 Å². The Labute approximate surface area is 120 Å². The van der Waals surface area contributed by atoms with Crippen molar-refractivity contribution in [1.29, 1.82) is 5.26 Å². The maximum atomic E-state index is 12.6. The van der Waals surface area contributed by atoms with Gasteiger partial charge in [0, 0.05) is 0 Å². The van der Waals surface area contributed by atoms with Crippen LogP contribution in [-0.2, 0) is 11.0 Å². The van der Waals surface area contributed by atoms with Crippen LogP contribution < -0.4 is 5.32 Å². The van der Waals surface area contributed by atoms with Gasteiger partial charge in [0.25, 0.3) is 0 Å². The van der Waals surface area contributed by atoms with Gasteiger partial charge in [-0.15, -0.1) is 0 Å². The minimum atomic E-state index is -4.52. The fraction of sp³-hybridized carbons (Fsp3) is 0.500. The molecule has 1 aromatic heterocycles. The van der Waals surface area contributed by atoms with Crippen LogP contribution in [0, 0.1) is 29.6 Å². The smallest absolute Gasteiger partial charge is 0.323 e. The van der Waals surface area contributed by atoms with Crippen molar-refractivity contribution in [3.05, 3.63) is 23.5 Å². The lowest BCUT2D eigenvalue weighted by Crippen LogP contribution is -2.45. The monoisotopic (exact) mass is 297 g/mol. The van der Waals surface area contributed by atoms with Crippen LogP contribution in [0.25, 0.3) is 0 Å². The van der Waals surface area contributed by atoms with E-state index in [0.717, 1.165) is 6.20 Å². The summed E-state index contributed by atoms with van der Waals surface area (Å²) in [6, 6.07) is 3.21. The van der Waals surface area contributed by atoms with E-state index in [4.69, 9.17) is 5.26 Å². The molecule has 2 rings (SSSR count). The molecule has 1 saturated carbocycles. The fourth-order valence-electron chi connectivity index (χ4n) is 2.65. The number of carbonyl (C=O) groups excluding carboxylic acids is 1. The van der Waals surface area contributed by atoms with E-state index in [9.17, 15) is 18.0 Å². The zero-order valence-electron chi connectivity index (χ0n) is 11.6. The van der Waals surface area contributed by atoms with Crippen LogP contribution in [0.4, 0.5) is 18.9 Å². The first kappa shape index (κ1) is 15.3. The second-order valence-corrected chi connectivity index (χ2v) is 5.55. The Bertz CT molecular complexity index is 613. The summed E-state index contributed by atoms with van der Waals surface area (Å²) >= 11 is 0. The van der Waals surface area contributed by atoms with Crippen molar-refractivity contribution in [3.63, 3.8) is 0 Å². The van der Waals surface area contributed by atoms with Crippen LogP contribution in [0.15, 0.2) is 12.3 Å². The van der Waals surface area contributed by atoms with Crippen molar-refractivity contribution >= 4 is 11.6 Å². The first-order valence-corrected chi connectivity index (χ1v) is 6.44. The number of aryl methyl sites for hydroxylation is 1. The van der Waals surface area contributed by atoms with Crippen molar-refractivity contribution < 1.29 is 18.0 Å². The van der Waals surface area contributed by atoms with Crippen molar-refractivity contribution in [2.24, 2.45) is 11.3 Å². The van der Waals surface area contributed by atoms with E-state index >= 15 is 0 Å². The lowest BCUT2D eigenvalue weighted by molar-refractivity contribution is -0.141. The highest BCUT2D eigenvalue weighted by atomic mass is 19.4. The predicted octanol–water partition coefficient (Wildman–Crippen LogP) is 3.29. The lowest BCUT2D eigenvalue weighted by atomic mass is 9.63. The van der Waals surface area contributed by atoms with Gasteiger partial charge in [0.15, 0.2) is 0 Å². The van der Waals surface area contributed by atoms with Gasteiger partial charge in [-0.25, -0.2) is 4.98 Å². The molecule has 1 aromatic rings. The standard InChI is InChI=1S/C14H14F3N3O/c1-8-4-13(5-8,7-18)12(21)20-10-3-9(2)11(19-6-10)14(15,16)17/h3,6,8H,4-5H2,1-2H3,(H,20,21). The number of hydrogen-bond acceptors (Lipinski definition) is 3. The number of amides is 1. The number of carbonyl (C=O) groups is 1. The third-order valence-electron chi connectivity index (χ3n) is 3.65. The third-order valence-corrected chi connectivity index (χ3v) is 3.65. The number of nitriles is 1. The van der Waals surface area contributed by atoms with Gasteiger partial charge in [0.2, 0.25) is 5.91 Å². The molecule has 1 heterocycles. The summed E-state index contributed by atoms with van der Waals surface area (Å²) in [5, 5.41) is 11.6. The van der Waals surface area contributed by atoms with Gasteiger partial charge in [-0.05, 0) is 37.3 Å². The Morgan fingerprint density at radius 3 is 2.57 bits per heavy atom. The first-order chi connectivity index (χ1) is 9.68. The minimum absolute atomic E-state index is 0.0757. The Balaban J connectivity index is 2.16. The number of anilines is 1. The molecule has 0 atom stereocenters. The number of aromatic nitrogens is 1. The Morgan fingerprint density at radius 2 is 2.14 bits per heavy atom. The number of nitrogens with one attached hydrogen (secondary N) is 1. The number of rotatable bonds is 2. The molecule has 0 aliphatic heterocycles. The molecule has 0 spiro atoms. The van der Waals surface area contributed by atoms with Crippen molar-refractivity contribution in [2.75, 3.05) is 5.32 Å². The van der Waals surface area contributed by atoms with Gasteiger partial charge in [0.05, 0.1) is 18.0 Å². The number of halogens is 3. The fourth-order valence-corrected chi connectivity index (χ4v) is 2.65. The van der Waals surface area contributed by atoms with E-state index in [1.807, 2.05) is 13.0 Å². The molecule has 7 heteroatoms. The van der Waals surface area contributed by atoms with Crippen molar-refractivity contribution in [3.8, 4) is 6.07 Å². The molecule has 1 aliphatic carbocycles. The summed E-state index contributed by atoms with van der Waals surface area (Å²) in [7, 11) is 0. The van der Waals surface area contributed by atoms with Gasteiger partial charge in [0.1, 0.15) is 11.1 Å². The molecule has 0 unspecified atom stereocenters. The molecular weight excluding hydrogens is 283 g/mol. The Morgan fingerprint density at radius 1 is 1.52 bits per heavy atom. The average molecular weight is 297 g/mol. The molecule has 1 aliphatic rings. The molecular formula is C14H14F3N3O. The van der Waals surface area contributed by atoms with E-state index in [2.05, 4.69) is 10.3 Å². The highest BCUT2D eigenvalue weighted by Gasteiger charge is 2.49. The van der Waals surface area contributed by atoms with E-state index in [-0.39, 0.29) is 11.3 Å². The van der Waals surface area contributed by atoms with E-state index < -0.39 is 23.2 Å². The van der Waals surface area contributed by atoms with Crippen LogP contribution in [0.3, 0.4) is 0 Å². The van der Waals surface area contributed by atoms with Crippen LogP contribution in [0.2, 0.25) is 0 Å². The molecule has 1 fully saturated rings. The molecule has 0 radical (unpaired) electrons. The van der Waals surface area contributed by atoms with Gasteiger partial charge in [-0.2, -0.15) is 18.4 Å². The topological polar surface area (TPSA) is 65.8 Å². The Hall–Kier alpha value is -2.10. The number of nitrogens with zero attached hydrogens (tertiary/aromatic N) is 2. The largest absolute Gasteiger partial charge is 0.433 e. The summed E-state index contributed by atoms with van der Waals surface area (Å²) in [6.45, 7) is 3.21. The number of pyridine rings is 1. The first-order valence-electron chi connectivity index (χ1n) is 6.44. The maximum absolute atomic E-state index is 12.6. The van der Waals surface area contributed by atoms with Crippen LogP contribution in [-0.4, -0.2) is 10.9 Å². The van der Waals surface area contributed by atoms with E-state index in [1.54, 1.807) is 0 Å². The summed E-state index contributed by atoms with van der Waals surface area (Å²) in [5.74, 6) is -0.188. The Kier molecular flexibility index (Phi) is 3.66. The van der Waals surface area contributed by atoms with Crippen LogP contribution in [0.1, 0.15) is 31.0 Å². The number of alkyl halides is 3. The van der Waals surface area contributed by atoms with Crippen LogP contribution >= 0.6 is 0 Å². The molecule has 4 nitrogen and oxygen atoms in total. The normalized spacial score (nSPS) is 24.9. The van der Waals surface area contributed by atoms with E-state index in [0.29, 0.717) is 18.8 Å². The van der Waals surface area contributed by atoms with Crippen molar-refractivity contribution in [2.45, 2.75) is 32.9 Å². The summed E-state index contributed by atoms with van der Waals surface area (Å²) in [6.07, 6.45) is -2.64. The molecule has 1 N–H and O–H groups in total. The lowest BCUT2D eigenvalue weighted by Gasteiger charge is -2.39. The average Bonchev–Trinajstić information content (AvgIpc) is 2.33. The molecule has 21 heavy (non-hydrogen) atoms. The third kappa shape index (κ3) is 2.84. The summed E-state index contributed by atoms with van der Waals surface area (Å²) < 4.78 is 37.8. The molecule has 0 aromatic carbocycles. The highest BCUT2D eigenvalue weighted by molar-refractivity contribution is 5.97. The SMILES string of the molecule is Cc1cc(NC(=O)C2(C#N)CC(C)C2)cnc1C(F)(F)F. The second kappa shape index (κ2) is 5.02. The zero-order valence-corrected chi connectivity index (χ0v) is 11.6. The molecule has 1 amide bonds. The summed E-state index contributed by atoms with van der Waals surface area (Å²) in [4.78, 5) is 15.4. The van der Waals surface area contributed by atoms with Gasteiger partial charge < -0.3 is 5.32 Å². The van der Waals surface area contributed by atoms with Crippen molar-refractivity contribution in [1.82, 2.24) is 4.98 Å². The second-order valence-electron chi connectivity index (χ2n) is 5.55.